The van der Waals surface area contributed by atoms with Gasteiger partial charge >= 0.3 is 0 Å². The molecule has 156 valence electrons. The summed E-state index contributed by atoms with van der Waals surface area (Å²) in [5.74, 6) is 0.280. The number of nitrogens with one attached hydrogen (secondary N) is 1. The molecule has 2 aliphatic rings. The van der Waals surface area contributed by atoms with Crippen molar-refractivity contribution in [3.63, 3.8) is 0 Å². The number of halogens is 1. The molecule has 0 radical (unpaired) electrons. The van der Waals surface area contributed by atoms with E-state index in [1.54, 1.807) is 10.4 Å². The minimum atomic E-state index is -3.53. The van der Waals surface area contributed by atoms with E-state index in [4.69, 9.17) is 11.6 Å². The zero-order valence-electron chi connectivity index (χ0n) is 16.6. The Hall–Kier alpha value is -1.15. The van der Waals surface area contributed by atoms with Crippen molar-refractivity contribution in [3.05, 3.63) is 34.9 Å². The molecular formula is C20H30ClN3O3S. The second-order valence-corrected chi connectivity index (χ2v) is 10.6. The molecule has 2 aliphatic heterocycles. The van der Waals surface area contributed by atoms with Gasteiger partial charge in [-0.3, -0.25) is 4.79 Å². The van der Waals surface area contributed by atoms with Gasteiger partial charge in [0, 0.05) is 37.7 Å². The number of piperidine rings is 2. The highest BCUT2D eigenvalue weighted by atomic mass is 35.5. The Labute approximate surface area is 173 Å². The van der Waals surface area contributed by atoms with Crippen molar-refractivity contribution < 1.29 is 13.2 Å². The third kappa shape index (κ3) is 5.06. The minimum Gasteiger partial charge on any atom is -0.352 e. The van der Waals surface area contributed by atoms with Crippen LogP contribution in [0.1, 0.15) is 38.7 Å². The zero-order valence-corrected chi connectivity index (χ0v) is 18.2. The van der Waals surface area contributed by atoms with Crippen molar-refractivity contribution in [2.75, 3.05) is 26.2 Å². The molecule has 0 saturated carbocycles. The highest BCUT2D eigenvalue weighted by molar-refractivity contribution is 7.86. The first-order chi connectivity index (χ1) is 13.3. The Morgan fingerprint density at radius 2 is 1.82 bits per heavy atom. The van der Waals surface area contributed by atoms with Crippen LogP contribution in [0.4, 0.5) is 0 Å². The summed E-state index contributed by atoms with van der Waals surface area (Å²) in [5.41, 5.74) is 0.856. The van der Waals surface area contributed by atoms with Gasteiger partial charge in [0.15, 0.2) is 0 Å². The molecule has 0 spiro atoms. The van der Waals surface area contributed by atoms with Gasteiger partial charge in [0.05, 0.1) is 5.92 Å². The van der Waals surface area contributed by atoms with E-state index in [2.05, 4.69) is 19.2 Å². The number of rotatable bonds is 5. The first-order valence-electron chi connectivity index (χ1n) is 10.0. The molecule has 3 atom stereocenters. The van der Waals surface area contributed by atoms with Crippen LogP contribution in [0.3, 0.4) is 0 Å². The van der Waals surface area contributed by atoms with Gasteiger partial charge < -0.3 is 5.32 Å². The van der Waals surface area contributed by atoms with Crippen molar-refractivity contribution >= 4 is 27.7 Å². The van der Waals surface area contributed by atoms with Crippen LogP contribution in [0.25, 0.3) is 0 Å². The SMILES string of the molecule is C[C@@H]1C[C@@H](C)CN(S(=O)(=O)N2CCC[C@@H](C(=O)NCc3ccccc3Cl)C2)C1. The summed E-state index contributed by atoms with van der Waals surface area (Å²) in [6.07, 6.45) is 2.45. The average Bonchev–Trinajstić information content (AvgIpc) is 2.66. The predicted molar refractivity (Wildman–Crippen MR) is 111 cm³/mol. The van der Waals surface area contributed by atoms with Crippen LogP contribution in [0, 0.1) is 17.8 Å². The fraction of sp³-hybridized carbons (Fsp3) is 0.650. The molecule has 0 aliphatic carbocycles. The Balaban J connectivity index is 1.61. The topological polar surface area (TPSA) is 69.7 Å². The Morgan fingerprint density at radius 3 is 2.50 bits per heavy atom. The Kier molecular flexibility index (Phi) is 7.02. The zero-order chi connectivity index (χ0) is 20.3. The summed E-state index contributed by atoms with van der Waals surface area (Å²) < 4.78 is 29.4. The summed E-state index contributed by atoms with van der Waals surface area (Å²) in [6.45, 7) is 6.40. The fourth-order valence-corrected chi connectivity index (χ4v) is 6.43. The van der Waals surface area contributed by atoms with Crippen molar-refractivity contribution in [2.24, 2.45) is 17.8 Å². The number of amides is 1. The van der Waals surface area contributed by atoms with E-state index < -0.39 is 10.2 Å². The predicted octanol–water partition coefficient (Wildman–Crippen LogP) is 2.89. The number of benzene rings is 1. The van der Waals surface area contributed by atoms with E-state index in [0.29, 0.717) is 55.9 Å². The van der Waals surface area contributed by atoms with Gasteiger partial charge in [-0.2, -0.15) is 17.0 Å². The maximum Gasteiger partial charge on any atom is 0.282 e. The van der Waals surface area contributed by atoms with E-state index in [9.17, 15) is 13.2 Å². The first kappa shape index (κ1) is 21.6. The molecule has 2 saturated heterocycles. The average molecular weight is 428 g/mol. The van der Waals surface area contributed by atoms with E-state index in [1.807, 2.05) is 18.2 Å². The lowest BCUT2D eigenvalue weighted by atomic mass is 9.94. The third-order valence-corrected chi connectivity index (χ3v) is 7.96. The molecule has 1 amide bonds. The van der Waals surface area contributed by atoms with Crippen LogP contribution in [0.5, 0.6) is 0 Å². The van der Waals surface area contributed by atoms with E-state index in [1.165, 1.54) is 4.31 Å². The number of hydrogen-bond acceptors (Lipinski definition) is 3. The van der Waals surface area contributed by atoms with Crippen molar-refractivity contribution in [2.45, 2.75) is 39.7 Å². The highest BCUT2D eigenvalue weighted by Gasteiger charge is 2.38. The maximum atomic E-state index is 13.1. The first-order valence-corrected chi connectivity index (χ1v) is 11.8. The van der Waals surface area contributed by atoms with Gasteiger partial charge in [0.1, 0.15) is 0 Å². The van der Waals surface area contributed by atoms with Gasteiger partial charge in [0.25, 0.3) is 10.2 Å². The highest BCUT2D eigenvalue weighted by Crippen LogP contribution is 2.27. The summed E-state index contributed by atoms with van der Waals surface area (Å²) >= 11 is 6.14. The van der Waals surface area contributed by atoms with Crippen molar-refractivity contribution in [1.29, 1.82) is 0 Å². The van der Waals surface area contributed by atoms with Crippen molar-refractivity contribution in [1.82, 2.24) is 13.9 Å². The van der Waals surface area contributed by atoms with E-state index in [0.717, 1.165) is 12.0 Å². The Morgan fingerprint density at radius 1 is 1.14 bits per heavy atom. The van der Waals surface area contributed by atoms with Crippen LogP contribution in [0.2, 0.25) is 5.02 Å². The minimum absolute atomic E-state index is 0.111. The third-order valence-electron chi connectivity index (χ3n) is 5.65. The summed E-state index contributed by atoms with van der Waals surface area (Å²) in [6, 6.07) is 7.39. The molecule has 2 heterocycles. The molecule has 8 heteroatoms. The molecule has 3 rings (SSSR count). The monoisotopic (exact) mass is 427 g/mol. The lowest BCUT2D eigenvalue weighted by Gasteiger charge is -2.39. The van der Waals surface area contributed by atoms with Gasteiger partial charge in [-0.05, 0) is 42.7 Å². The lowest BCUT2D eigenvalue weighted by Crippen LogP contribution is -2.53. The summed E-state index contributed by atoms with van der Waals surface area (Å²) in [7, 11) is -3.53. The normalized spacial score (nSPS) is 27.5. The number of carbonyl (C=O) groups is 1. The molecule has 1 aromatic rings. The molecule has 28 heavy (non-hydrogen) atoms. The Bertz CT molecular complexity index is 792. The lowest BCUT2D eigenvalue weighted by molar-refractivity contribution is -0.126. The largest absolute Gasteiger partial charge is 0.352 e. The summed E-state index contributed by atoms with van der Waals surface area (Å²) in [5, 5.41) is 3.53. The van der Waals surface area contributed by atoms with Crippen LogP contribution >= 0.6 is 11.6 Å². The van der Waals surface area contributed by atoms with Gasteiger partial charge in [-0.15, -0.1) is 0 Å². The van der Waals surface area contributed by atoms with Gasteiger partial charge in [-0.1, -0.05) is 43.6 Å². The second-order valence-electron chi connectivity index (χ2n) is 8.28. The molecule has 1 aromatic carbocycles. The molecule has 6 nitrogen and oxygen atoms in total. The van der Waals surface area contributed by atoms with E-state index in [-0.39, 0.29) is 18.4 Å². The van der Waals surface area contributed by atoms with Gasteiger partial charge in [0.2, 0.25) is 5.91 Å². The van der Waals surface area contributed by atoms with Crippen LogP contribution < -0.4 is 5.32 Å². The molecule has 1 N–H and O–H groups in total. The maximum absolute atomic E-state index is 13.1. The quantitative estimate of drug-likeness (QED) is 0.785. The van der Waals surface area contributed by atoms with E-state index >= 15 is 0 Å². The van der Waals surface area contributed by atoms with Crippen LogP contribution in [-0.2, 0) is 21.5 Å². The molecular weight excluding hydrogens is 398 g/mol. The smallest absolute Gasteiger partial charge is 0.282 e. The van der Waals surface area contributed by atoms with Crippen molar-refractivity contribution in [3.8, 4) is 0 Å². The molecule has 0 bridgehead atoms. The summed E-state index contributed by atoms with van der Waals surface area (Å²) in [4.78, 5) is 12.6. The second kappa shape index (κ2) is 9.11. The fourth-order valence-electron chi connectivity index (χ4n) is 4.29. The standard InChI is InChI=1S/C20H30ClN3O3S/c1-15-10-16(2)13-24(12-15)28(26,27)23-9-5-7-18(14-23)20(25)22-11-17-6-3-4-8-19(17)21/h3-4,6,8,15-16,18H,5,7,9-14H2,1-2H3,(H,22,25)/t15-,16-,18-/m1/s1. The van der Waals surface area contributed by atoms with Crippen LogP contribution in [0.15, 0.2) is 24.3 Å². The molecule has 0 aromatic heterocycles. The molecule has 2 fully saturated rings. The number of hydrogen-bond donors (Lipinski definition) is 1. The van der Waals surface area contributed by atoms with Gasteiger partial charge in [-0.25, -0.2) is 0 Å². The van der Waals surface area contributed by atoms with Crippen LogP contribution in [-0.4, -0.2) is 49.1 Å². The number of carbonyl (C=O) groups excluding carboxylic acids is 1. The molecule has 0 unspecified atom stereocenters. The number of nitrogens with zero attached hydrogens (tertiary/aromatic N) is 2.